The molecule has 0 aliphatic carbocycles. The predicted molar refractivity (Wildman–Crippen MR) is 31.8 cm³/mol. The molecule has 0 spiro atoms. The van der Waals surface area contributed by atoms with Gasteiger partial charge < -0.3 is 4.74 Å². The Bertz CT molecular complexity index is 156. The molecule has 0 aromatic rings. The Morgan fingerprint density at radius 3 is 2.40 bits per heavy atom. The molecular weight excluding hydrogens is 136 g/mol. The molecule has 0 bridgehead atoms. The van der Waals surface area contributed by atoms with Gasteiger partial charge >= 0.3 is 0 Å². The number of carbonyl (C=O) groups is 1. The fraction of sp³-hybridized carbons (Fsp3) is 0.833. The van der Waals surface area contributed by atoms with Crippen LogP contribution in [0.25, 0.3) is 0 Å². The molecule has 10 heavy (non-hydrogen) atoms. The van der Waals surface area contributed by atoms with Crippen molar-refractivity contribution < 1.29 is 19.3 Å². The maximum absolute atomic E-state index is 10.8. The number of Topliss-reactive ketones (excluding diaryl/α,β-unsaturated/α-hetero) is 1. The molecule has 2 atom stereocenters. The minimum atomic E-state index is -1.20. The van der Waals surface area contributed by atoms with E-state index in [9.17, 15) is 4.79 Å². The zero-order valence-corrected chi connectivity index (χ0v) is 6.21. The highest BCUT2D eigenvalue weighted by Gasteiger charge is 2.41. The first kappa shape index (κ1) is 7.65. The smallest absolute Gasteiger partial charge is 0.260 e. The van der Waals surface area contributed by atoms with Gasteiger partial charge in [0, 0.05) is 13.8 Å². The third-order valence-electron chi connectivity index (χ3n) is 1.37. The number of rotatable bonds is 1. The van der Waals surface area contributed by atoms with Crippen molar-refractivity contribution in [1.82, 2.24) is 0 Å². The van der Waals surface area contributed by atoms with Gasteiger partial charge in [-0.3, -0.25) is 4.79 Å². The van der Waals surface area contributed by atoms with E-state index in [2.05, 4.69) is 9.78 Å². The van der Waals surface area contributed by atoms with Gasteiger partial charge in [0.1, 0.15) is 0 Å². The predicted octanol–water partition coefficient (Wildman–Crippen LogP) is 0.616. The first-order valence-corrected chi connectivity index (χ1v) is 3.08. The van der Waals surface area contributed by atoms with Crippen molar-refractivity contribution >= 4 is 5.78 Å². The molecule has 0 saturated carbocycles. The Morgan fingerprint density at radius 2 is 2.20 bits per heavy atom. The van der Waals surface area contributed by atoms with Gasteiger partial charge in [0.2, 0.25) is 0 Å². The SMILES string of the molecule is CC(=O)C1(C)OOC(C)O1. The van der Waals surface area contributed by atoms with Gasteiger partial charge in [-0.1, -0.05) is 0 Å². The third kappa shape index (κ3) is 1.18. The number of carbonyl (C=O) groups excluding carboxylic acids is 1. The fourth-order valence-electron chi connectivity index (χ4n) is 0.657. The van der Waals surface area contributed by atoms with Crippen LogP contribution in [0.4, 0.5) is 0 Å². The van der Waals surface area contributed by atoms with Gasteiger partial charge in [0.05, 0.1) is 0 Å². The molecule has 0 radical (unpaired) electrons. The minimum Gasteiger partial charge on any atom is -0.309 e. The Hall–Kier alpha value is -0.450. The molecule has 58 valence electrons. The molecular formula is C6H10O4. The van der Waals surface area contributed by atoms with E-state index in [1.807, 2.05) is 0 Å². The average Bonchev–Trinajstić information content (AvgIpc) is 2.13. The van der Waals surface area contributed by atoms with Crippen molar-refractivity contribution in [3.05, 3.63) is 0 Å². The van der Waals surface area contributed by atoms with Gasteiger partial charge in [-0.05, 0) is 6.92 Å². The lowest BCUT2D eigenvalue weighted by atomic mass is 10.2. The molecule has 4 nitrogen and oxygen atoms in total. The van der Waals surface area contributed by atoms with E-state index in [4.69, 9.17) is 4.74 Å². The lowest BCUT2D eigenvalue weighted by Gasteiger charge is -2.14. The van der Waals surface area contributed by atoms with Gasteiger partial charge in [-0.15, -0.1) is 0 Å². The maximum atomic E-state index is 10.8. The second kappa shape index (κ2) is 2.30. The highest BCUT2D eigenvalue weighted by Crippen LogP contribution is 2.24. The molecule has 1 saturated heterocycles. The topological polar surface area (TPSA) is 44.8 Å². The summed E-state index contributed by atoms with van der Waals surface area (Å²) >= 11 is 0. The van der Waals surface area contributed by atoms with Crippen molar-refractivity contribution in [3.63, 3.8) is 0 Å². The summed E-state index contributed by atoms with van der Waals surface area (Å²) in [5.41, 5.74) is 0. The van der Waals surface area contributed by atoms with Crippen molar-refractivity contribution in [2.24, 2.45) is 0 Å². The van der Waals surface area contributed by atoms with Crippen molar-refractivity contribution in [2.75, 3.05) is 0 Å². The first-order chi connectivity index (χ1) is 4.54. The molecule has 1 heterocycles. The molecule has 0 aromatic heterocycles. The first-order valence-electron chi connectivity index (χ1n) is 3.08. The van der Waals surface area contributed by atoms with Crippen molar-refractivity contribution in [3.8, 4) is 0 Å². The number of ketones is 1. The van der Waals surface area contributed by atoms with E-state index in [1.165, 1.54) is 13.8 Å². The van der Waals surface area contributed by atoms with Crippen LogP contribution in [0.5, 0.6) is 0 Å². The molecule has 0 aromatic carbocycles. The summed E-state index contributed by atoms with van der Waals surface area (Å²) < 4.78 is 5.02. The van der Waals surface area contributed by atoms with Crippen LogP contribution in [-0.4, -0.2) is 17.9 Å². The Labute approximate surface area is 59.0 Å². The highest BCUT2D eigenvalue weighted by atomic mass is 17.3. The van der Waals surface area contributed by atoms with E-state index in [1.54, 1.807) is 6.92 Å². The van der Waals surface area contributed by atoms with Crippen LogP contribution >= 0.6 is 0 Å². The van der Waals surface area contributed by atoms with Gasteiger partial charge in [-0.25, -0.2) is 4.89 Å². The molecule has 4 heteroatoms. The molecule has 0 N–H and O–H groups in total. The Morgan fingerprint density at radius 1 is 1.60 bits per heavy atom. The largest absolute Gasteiger partial charge is 0.309 e. The van der Waals surface area contributed by atoms with E-state index < -0.39 is 12.1 Å². The molecule has 1 fully saturated rings. The van der Waals surface area contributed by atoms with Crippen LogP contribution in [0.3, 0.4) is 0 Å². The third-order valence-corrected chi connectivity index (χ3v) is 1.37. The van der Waals surface area contributed by atoms with Crippen molar-refractivity contribution in [2.45, 2.75) is 32.8 Å². The summed E-state index contributed by atoms with van der Waals surface area (Å²) in [5, 5.41) is 0. The second-order valence-corrected chi connectivity index (χ2v) is 2.37. The summed E-state index contributed by atoms with van der Waals surface area (Å²) in [7, 11) is 0. The molecule has 2 unspecified atom stereocenters. The van der Waals surface area contributed by atoms with Crippen LogP contribution in [0.2, 0.25) is 0 Å². The molecule has 0 amide bonds. The van der Waals surface area contributed by atoms with Gasteiger partial charge in [0.25, 0.3) is 5.79 Å². The number of hydrogen-bond donors (Lipinski definition) is 0. The molecule has 1 aliphatic rings. The number of hydrogen-bond acceptors (Lipinski definition) is 4. The lowest BCUT2D eigenvalue weighted by molar-refractivity contribution is -0.313. The minimum absolute atomic E-state index is 0.197. The summed E-state index contributed by atoms with van der Waals surface area (Å²) in [6, 6.07) is 0. The fourth-order valence-corrected chi connectivity index (χ4v) is 0.657. The number of ether oxygens (including phenoxy) is 1. The van der Waals surface area contributed by atoms with Crippen LogP contribution in [-0.2, 0) is 19.3 Å². The quantitative estimate of drug-likeness (QED) is 0.508. The monoisotopic (exact) mass is 146 g/mol. The van der Waals surface area contributed by atoms with Crippen molar-refractivity contribution in [1.29, 1.82) is 0 Å². The lowest BCUT2D eigenvalue weighted by Crippen LogP contribution is -2.34. The van der Waals surface area contributed by atoms with Crippen LogP contribution in [0.1, 0.15) is 20.8 Å². The van der Waals surface area contributed by atoms with E-state index in [0.717, 1.165) is 0 Å². The second-order valence-electron chi connectivity index (χ2n) is 2.37. The summed E-state index contributed by atoms with van der Waals surface area (Å²) in [4.78, 5) is 20.0. The summed E-state index contributed by atoms with van der Waals surface area (Å²) in [6.45, 7) is 4.58. The average molecular weight is 146 g/mol. The highest BCUT2D eigenvalue weighted by molar-refractivity contribution is 5.82. The Kier molecular flexibility index (Phi) is 1.76. The molecule has 1 rings (SSSR count). The van der Waals surface area contributed by atoms with Crippen LogP contribution < -0.4 is 0 Å². The van der Waals surface area contributed by atoms with Crippen LogP contribution in [0, 0.1) is 0 Å². The van der Waals surface area contributed by atoms with E-state index in [0.29, 0.717) is 0 Å². The van der Waals surface area contributed by atoms with Crippen LogP contribution in [0.15, 0.2) is 0 Å². The normalized spacial score (nSPS) is 40.1. The summed E-state index contributed by atoms with van der Waals surface area (Å²) in [5.74, 6) is -1.39. The van der Waals surface area contributed by atoms with Gasteiger partial charge in [-0.2, -0.15) is 4.89 Å². The maximum Gasteiger partial charge on any atom is 0.260 e. The molecule has 1 aliphatic heterocycles. The summed E-state index contributed by atoms with van der Waals surface area (Å²) in [6.07, 6.45) is -0.464. The van der Waals surface area contributed by atoms with E-state index in [-0.39, 0.29) is 5.78 Å². The van der Waals surface area contributed by atoms with Gasteiger partial charge in [0.15, 0.2) is 12.1 Å². The standard InChI is InChI=1S/C6H10O4/c1-4(7)6(3)8-5(2)9-10-6/h5H,1-3H3. The van der Waals surface area contributed by atoms with E-state index >= 15 is 0 Å². The zero-order valence-electron chi connectivity index (χ0n) is 6.21. The Balaban J connectivity index is 2.63. The zero-order chi connectivity index (χ0) is 7.78.